The molecule has 0 spiro atoms. The SMILES string of the molecule is COC(=O)CCCN(C)C(=O)c1ccc(C(N)=O)cc1. The summed E-state index contributed by atoms with van der Waals surface area (Å²) in [6, 6.07) is 6.13. The Hall–Kier alpha value is -2.37. The Morgan fingerprint density at radius 2 is 1.70 bits per heavy atom. The Kier molecular flexibility index (Phi) is 5.71. The first-order valence-electron chi connectivity index (χ1n) is 6.18. The van der Waals surface area contributed by atoms with Crippen LogP contribution >= 0.6 is 0 Å². The van der Waals surface area contributed by atoms with Crippen molar-refractivity contribution in [3.63, 3.8) is 0 Å². The van der Waals surface area contributed by atoms with Gasteiger partial charge < -0.3 is 15.4 Å². The zero-order valence-electron chi connectivity index (χ0n) is 11.6. The van der Waals surface area contributed by atoms with Gasteiger partial charge in [-0.05, 0) is 30.7 Å². The summed E-state index contributed by atoms with van der Waals surface area (Å²) in [4.78, 5) is 35.5. The smallest absolute Gasteiger partial charge is 0.305 e. The highest BCUT2D eigenvalue weighted by Crippen LogP contribution is 2.07. The fourth-order valence-corrected chi connectivity index (χ4v) is 1.66. The molecule has 0 heterocycles. The van der Waals surface area contributed by atoms with Crippen LogP contribution in [0.15, 0.2) is 24.3 Å². The summed E-state index contributed by atoms with van der Waals surface area (Å²) in [6.07, 6.45) is 0.809. The van der Waals surface area contributed by atoms with Crippen LogP contribution in [-0.2, 0) is 9.53 Å². The molecular weight excluding hydrogens is 260 g/mol. The predicted molar refractivity (Wildman–Crippen MR) is 73.2 cm³/mol. The number of primary amides is 1. The first kappa shape index (κ1) is 15.7. The Balaban J connectivity index is 2.56. The molecule has 1 aromatic carbocycles. The van der Waals surface area contributed by atoms with Crippen LogP contribution in [0.25, 0.3) is 0 Å². The molecule has 6 heteroatoms. The zero-order chi connectivity index (χ0) is 15.1. The average molecular weight is 278 g/mol. The van der Waals surface area contributed by atoms with E-state index in [-0.39, 0.29) is 18.3 Å². The lowest BCUT2D eigenvalue weighted by Crippen LogP contribution is -2.28. The number of nitrogens with zero attached hydrogens (tertiary/aromatic N) is 1. The maximum atomic E-state index is 12.1. The van der Waals surface area contributed by atoms with Gasteiger partial charge in [-0.1, -0.05) is 0 Å². The largest absolute Gasteiger partial charge is 0.469 e. The van der Waals surface area contributed by atoms with Crippen LogP contribution in [0.5, 0.6) is 0 Å². The van der Waals surface area contributed by atoms with Gasteiger partial charge in [0.15, 0.2) is 0 Å². The van der Waals surface area contributed by atoms with E-state index < -0.39 is 5.91 Å². The number of benzene rings is 1. The van der Waals surface area contributed by atoms with E-state index in [1.807, 2.05) is 0 Å². The van der Waals surface area contributed by atoms with E-state index in [2.05, 4.69) is 4.74 Å². The first-order chi connectivity index (χ1) is 9.45. The molecule has 1 aromatic rings. The van der Waals surface area contributed by atoms with Gasteiger partial charge in [-0.15, -0.1) is 0 Å². The molecule has 0 unspecified atom stereocenters. The van der Waals surface area contributed by atoms with E-state index in [9.17, 15) is 14.4 Å². The van der Waals surface area contributed by atoms with Crippen LogP contribution in [0.3, 0.4) is 0 Å². The number of hydrogen-bond donors (Lipinski definition) is 1. The summed E-state index contributed by atoms with van der Waals surface area (Å²) in [7, 11) is 2.99. The van der Waals surface area contributed by atoms with Gasteiger partial charge >= 0.3 is 5.97 Å². The maximum absolute atomic E-state index is 12.1. The summed E-state index contributed by atoms with van der Waals surface area (Å²) in [5.41, 5.74) is 5.95. The monoisotopic (exact) mass is 278 g/mol. The minimum Gasteiger partial charge on any atom is -0.469 e. The summed E-state index contributed by atoms with van der Waals surface area (Å²) in [5, 5.41) is 0. The number of amides is 2. The van der Waals surface area contributed by atoms with Crippen molar-refractivity contribution >= 4 is 17.8 Å². The quantitative estimate of drug-likeness (QED) is 0.780. The number of esters is 1. The Morgan fingerprint density at radius 1 is 1.15 bits per heavy atom. The third-order valence-corrected chi connectivity index (χ3v) is 2.87. The fraction of sp³-hybridized carbons (Fsp3) is 0.357. The molecule has 0 saturated heterocycles. The highest BCUT2D eigenvalue weighted by Gasteiger charge is 2.12. The fourth-order valence-electron chi connectivity index (χ4n) is 1.66. The van der Waals surface area contributed by atoms with Crippen LogP contribution in [-0.4, -0.2) is 43.4 Å². The third kappa shape index (κ3) is 4.38. The molecule has 0 aliphatic heterocycles. The molecule has 20 heavy (non-hydrogen) atoms. The molecule has 6 nitrogen and oxygen atoms in total. The van der Waals surface area contributed by atoms with Gasteiger partial charge in [0.1, 0.15) is 0 Å². The number of methoxy groups -OCH3 is 1. The predicted octanol–water partition coefficient (Wildman–Crippen LogP) is 0.811. The highest BCUT2D eigenvalue weighted by molar-refractivity contribution is 5.97. The minimum atomic E-state index is -0.532. The van der Waals surface area contributed by atoms with Crippen molar-refractivity contribution in [3.8, 4) is 0 Å². The normalized spacial score (nSPS) is 9.90. The number of rotatable bonds is 6. The molecule has 108 valence electrons. The van der Waals surface area contributed by atoms with Crippen molar-refractivity contribution in [3.05, 3.63) is 35.4 Å². The van der Waals surface area contributed by atoms with Crippen molar-refractivity contribution in [1.82, 2.24) is 4.90 Å². The van der Waals surface area contributed by atoms with Gasteiger partial charge in [0, 0.05) is 31.1 Å². The van der Waals surface area contributed by atoms with Gasteiger partial charge in [0.05, 0.1) is 7.11 Å². The third-order valence-electron chi connectivity index (χ3n) is 2.87. The van der Waals surface area contributed by atoms with Gasteiger partial charge in [-0.3, -0.25) is 14.4 Å². The second-order valence-corrected chi connectivity index (χ2v) is 4.35. The first-order valence-corrected chi connectivity index (χ1v) is 6.18. The molecule has 2 amide bonds. The molecule has 1 rings (SSSR count). The Labute approximate surface area is 117 Å². The molecule has 0 saturated carbocycles. The zero-order valence-corrected chi connectivity index (χ0v) is 11.6. The average Bonchev–Trinajstić information content (AvgIpc) is 2.46. The van der Waals surface area contributed by atoms with E-state index in [1.165, 1.54) is 24.1 Å². The molecular formula is C14H18N2O4. The Morgan fingerprint density at radius 3 is 2.20 bits per heavy atom. The minimum absolute atomic E-state index is 0.175. The number of carbonyl (C=O) groups excluding carboxylic acids is 3. The molecule has 2 N–H and O–H groups in total. The summed E-state index contributed by atoms with van der Waals surface area (Å²) in [5.74, 6) is -1.00. The Bertz CT molecular complexity index is 496. The molecule has 0 bridgehead atoms. The van der Waals surface area contributed by atoms with Gasteiger partial charge in [-0.25, -0.2) is 0 Å². The molecule has 0 aliphatic carbocycles. The maximum Gasteiger partial charge on any atom is 0.305 e. The van der Waals surface area contributed by atoms with E-state index in [0.717, 1.165) is 0 Å². The van der Waals surface area contributed by atoms with Crippen LogP contribution in [0.4, 0.5) is 0 Å². The van der Waals surface area contributed by atoms with E-state index in [1.54, 1.807) is 19.2 Å². The van der Waals surface area contributed by atoms with Gasteiger partial charge in [0.25, 0.3) is 5.91 Å². The van der Waals surface area contributed by atoms with Gasteiger partial charge in [0.2, 0.25) is 5.91 Å². The lowest BCUT2D eigenvalue weighted by Gasteiger charge is -2.16. The van der Waals surface area contributed by atoms with Crippen molar-refractivity contribution in [1.29, 1.82) is 0 Å². The topological polar surface area (TPSA) is 89.7 Å². The second-order valence-electron chi connectivity index (χ2n) is 4.35. The summed E-state index contributed by atoms with van der Waals surface area (Å²) in [6.45, 7) is 0.450. The number of nitrogens with two attached hydrogens (primary N) is 1. The second kappa shape index (κ2) is 7.28. The number of hydrogen-bond acceptors (Lipinski definition) is 4. The van der Waals surface area contributed by atoms with Crippen molar-refractivity contribution in [2.75, 3.05) is 20.7 Å². The van der Waals surface area contributed by atoms with Crippen molar-refractivity contribution in [2.24, 2.45) is 5.73 Å². The van der Waals surface area contributed by atoms with Gasteiger partial charge in [-0.2, -0.15) is 0 Å². The van der Waals surface area contributed by atoms with Crippen LogP contribution < -0.4 is 5.73 Å². The van der Waals surface area contributed by atoms with Crippen molar-refractivity contribution in [2.45, 2.75) is 12.8 Å². The molecule has 0 atom stereocenters. The standard InChI is InChI=1S/C14H18N2O4/c1-16(9-3-4-12(17)20-2)14(19)11-7-5-10(6-8-11)13(15)18/h5-8H,3-4,9H2,1-2H3,(H2,15,18). The lowest BCUT2D eigenvalue weighted by atomic mass is 10.1. The van der Waals surface area contributed by atoms with Crippen LogP contribution in [0, 0.1) is 0 Å². The number of carbonyl (C=O) groups is 3. The van der Waals surface area contributed by atoms with Crippen LogP contribution in [0.2, 0.25) is 0 Å². The summed E-state index contributed by atoms with van der Waals surface area (Å²) < 4.78 is 4.53. The molecule has 0 aliphatic rings. The van der Waals surface area contributed by atoms with Crippen molar-refractivity contribution < 1.29 is 19.1 Å². The molecule has 0 fully saturated rings. The lowest BCUT2D eigenvalue weighted by molar-refractivity contribution is -0.140. The summed E-state index contributed by atoms with van der Waals surface area (Å²) >= 11 is 0. The number of ether oxygens (including phenoxy) is 1. The molecule has 0 radical (unpaired) electrons. The van der Waals surface area contributed by atoms with E-state index >= 15 is 0 Å². The molecule has 0 aromatic heterocycles. The highest BCUT2D eigenvalue weighted by atomic mass is 16.5. The van der Waals surface area contributed by atoms with E-state index in [0.29, 0.717) is 24.1 Å². The van der Waals surface area contributed by atoms with E-state index in [4.69, 9.17) is 5.73 Å². The van der Waals surface area contributed by atoms with Crippen LogP contribution in [0.1, 0.15) is 33.6 Å².